The summed E-state index contributed by atoms with van der Waals surface area (Å²) in [5.74, 6) is -2.02. The Morgan fingerprint density at radius 2 is 1.79 bits per heavy atom. The highest BCUT2D eigenvalue weighted by molar-refractivity contribution is 5.76. The van der Waals surface area contributed by atoms with Crippen LogP contribution in [0.1, 0.15) is 52.7 Å². The van der Waals surface area contributed by atoms with Crippen molar-refractivity contribution in [1.82, 2.24) is 5.32 Å². The molecule has 1 unspecified atom stereocenters. The molecule has 0 radical (unpaired) electrons. The van der Waals surface area contributed by atoms with Gasteiger partial charge in [0.2, 0.25) is 0 Å². The summed E-state index contributed by atoms with van der Waals surface area (Å²) in [6, 6.07) is 3.54. The predicted octanol–water partition coefficient (Wildman–Crippen LogP) is 4.56. The molecule has 0 spiro atoms. The first-order valence-electron chi connectivity index (χ1n) is 9.27. The molecule has 0 saturated carbocycles. The molecule has 0 aliphatic rings. The molecular weight excluding hydrogens is 376 g/mol. The number of hydrogen-bond acceptors (Lipinski definition) is 5. The van der Waals surface area contributed by atoms with E-state index in [0.29, 0.717) is 5.56 Å². The summed E-state index contributed by atoms with van der Waals surface area (Å²) >= 11 is 0. The van der Waals surface area contributed by atoms with Gasteiger partial charge in [-0.2, -0.15) is 0 Å². The van der Waals surface area contributed by atoms with Crippen LogP contribution in [0.4, 0.5) is 10.5 Å². The number of nitro benzene ring substituents is 1. The molecule has 160 valence electrons. The van der Waals surface area contributed by atoms with Crippen LogP contribution in [-0.2, 0) is 9.53 Å². The SMILES string of the molecule is Cc1ccc([N+](=O)[O-])cc1C=C[C@H](NC(=O)OC(C)(C)C)C(C(=O)O)C(C)(C)C. The van der Waals surface area contributed by atoms with Gasteiger partial charge < -0.3 is 15.2 Å². The van der Waals surface area contributed by atoms with Crippen molar-refractivity contribution in [2.24, 2.45) is 11.3 Å². The maximum atomic E-state index is 12.3. The van der Waals surface area contributed by atoms with Crippen LogP contribution in [0.3, 0.4) is 0 Å². The van der Waals surface area contributed by atoms with Gasteiger partial charge in [-0.25, -0.2) is 4.79 Å². The number of nitrogens with zero attached hydrogens (tertiary/aromatic N) is 1. The Labute approximate surface area is 171 Å². The van der Waals surface area contributed by atoms with E-state index >= 15 is 0 Å². The van der Waals surface area contributed by atoms with Gasteiger partial charge in [0.05, 0.1) is 16.9 Å². The van der Waals surface area contributed by atoms with Gasteiger partial charge in [0, 0.05) is 12.1 Å². The number of aliphatic carboxylic acids is 1. The summed E-state index contributed by atoms with van der Waals surface area (Å²) in [6.45, 7) is 12.2. The predicted molar refractivity (Wildman–Crippen MR) is 111 cm³/mol. The lowest BCUT2D eigenvalue weighted by atomic mass is 9.76. The summed E-state index contributed by atoms with van der Waals surface area (Å²) in [7, 11) is 0. The van der Waals surface area contributed by atoms with Gasteiger partial charge in [0.15, 0.2) is 0 Å². The van der Waals surface area contributed by atoms with Crippen molar-refractivity contribution in [3.05, 3.63) is 45.5 Å². The summed E-state index contributed by atoms with van der Waals surface area (Å²) in [6.07, 6.45) is 2.39. The number of carboxylic acid groups (broad SMARTS) is 1. The van der Waals surface area contributed by atoms with Crippen molar-refractivity contribution < 1.29 is 24.4 Å². The summed E-state index contributed by atoms with van der Waals surface area (Å²) < 4.78 is 5.27. The topological polar surface area (TPSA) is 119 Å². The van der Waals surface area contributed by atoms with E-state index in [2.05, 4.69) is 5.32 Å². The highest BCUT2D eigenvalue weighted by atomic mass is 16.6. The van der Waals surface area contributed by atoms with E-state index in [4.69, 9.17) is 4.74 Å². The number of carbonyl (C=O) groups is 2. The van der Waals surface area contributed by atoms with Gasteiger partial charge >= 0.3 is 12.1 Å². The van der Waals surface area contributed by atoms with Crippen molar-refractivity contribution in [2.45, 2.75) is 60.1 Å². The number of carbonyl (C=O) groups excluding carboxylic acids is 1. The van der Waals surface area contributed by atoms with E-state index in [1.165, 1.54) is 12.1 Å². The molecule has 0 heterocycles. The number of amides is 1. The first-order valence-corrected chi connectivity index (χ1v) is 9.27. The number of carboxylic acids is 1. The Morgan fingerprint density at radius 1 is 1.21 bits per heavy atom. The Bertz CT molecular complexity index is 802. The number of nitro groups is 1. The van der Waals surface area contributed by atoms with E-state index in [1.54, 1.807) is 66.7 Å². The minimum absolute atomic E-state index is 0.0718. The second-order valence-electron chi connectivity index (χ2n) is 9.01. The van der Waals surface area contributed by atoms with Gasteiger partial charge in [-0.3, -0.25) is 14.9 Å². The van der Waals surface area contributed by atoms with Gasteiger partial charge in [-0.05, 0) is 44.2 Å². The molecule has 8 heteroatoms. The number of aryl methyl sites for hydroxylation is 1. The smallest absolute Gasteiger partial charge is 0.408 e. The fourth-order valence-electron chi connectivity index (χ4n) is 2.88. The normalized spacial score (nSPS) is 14.3. The van der Waals surface area contributed by atoms with Crippen molar-refractivity contribution in [2.75, 3.05) is 0 Å². The van der Waals surface area contributed by atoms with Crippen molar-refractivity contribution in [1.29, 1.82) is 0 Å². The first kappa shape index (κ1) is 24.1. The highest BCUT2D eigenvalue weighted by Crippen LogP contribution is 2.30. The first-order chi connectivity index (χ1) is 13.1. The lowest BCUT2D eigenvalue weighted by molar-refractivity contribution is -0.384. The van der Waals surface area contributed by atoms with E-state index in [0.717, 1.165) is 5.56 Å². The van der Waals surface area contributed by atoms with Crippen LogP contribution in [0, 0.1) is 28.4 Å². The molecule has 1 rings (SSSR count). The number of rotatable bonds is 6. The van der Waals surface area contributed by atoms with Crippen LogP contribution >= 0.6 is 0 Å². The molecule has 0 bridgehead atoms. The molecular formula is C21H30N2O6. The molecule has 0 fully saturated rings. The van der Waals surface area contributed by atoms with Gasteiger partial charge in [-0.1, -0.05) is 39.0 Å². The minimum Gasteiger partial charge on any atom is -0.481 e. The molecule has 1 aromatic carbocycles. The molecule has 29 heavy (non-hydrogen) atoms. The fraction of sp³-hybridized carbons (Fsp3) is 0.524. The monoisotopic (exact) mass is 406 g/mol. The number of alkyl carbamates (subject to hydrolysis) is 1. The number of hydrogen-bond donors (Lipinski definition) is 2. The summed E-state index contributed by atoms with van der Waals surface area (Å²) in [5.41, 5.74) is -0.139. The van der Waals surface area contributed by atoms with E-state index in [-0.39, 0.29) is 5.69 Å². The van der Waals surface area contributed by atoms with Crippen molar-refractivity contribution >= 4 is 23.8 Å². The number of benzene rings is 1. The zero-order valence-corrected chi connectivity index (χ0v) is 18.0. The third-order valence-corrected chi connectivity index (χ3v) is 4.20. The molecule has 1 amide bonds. The third kappa shape index (κ3) is 7.56. The van der Waals surface area contributed by atoms with Crippen LogP contribution in [0.2, 0.25) is 0 Å². The van der Waals surface area contributed by atoms with Crippen LogP contribution in [0.5, 0.6) is 0 Å². The van der Waals surface area contributed by atoms with Crippen LogP contribution in [0.25, 0.3) is 6.08 Å². The fourth-order valence-corrected chi connectivity index (χ4v) is 2.88. The number of ether oxygens (including phenoxy) is 1. The number of non-ortho nitro benzene ring substituents is 1. The quantitative estimate of drug-likeness (QED) is 0.528. The molecule has 0 saturated heterocycles. The second-order valence-corrected chi connectivity index (χ2v) is 9.01. The molecule has 2 N–H and O–H groups in total. The average molecular weight is 406 g/mol. The zero-order chi connectivity index (χ0) is 22.6. The maximum absolute atomic E-state index is 12.3. The van der Waals surface area contributed by atoms with Crippen molar-refractivity contribution in [3.8, 4) is 0 Å². The van der Waals surface area contributed by atoms with Crippen LogP contribution in [-0.4, -0.2) is 33.7 Å². The average Bonchev–Trinajstić information content (AvgIpc) is 2.49. The molecule has 1 aromatic rings. The van der Waals surface area contributed by atoms with E-state index < -0.39 is 40.0 Å². The Hall–Kier alpha value is -2.90. The molecule has 2 atom stereocenters. The molecule has 0 aromatic heterocycles. The van der Waals surface area contributed by atoms with Gasteiger partial charge in [-0.15, -0.1) is 0 Å². The van der Waals surface area contributed by atoms with Crippen LogP contribution in [0.15, 0.2) is 24.3 Å². The number of nitrogens with one attached hydrogen (secondary N) is 1. The van der Waals surface area contributed by atoms with E-state index in [1.807, 2.05) is 0 Å². The highest BCUT2D eigenvalue weighted by Gasteiger charge is 2.38. The Morgan fingerprint density at radius 3 is 2.24 bits per heavy atom. The van der Waals surface area contributed by atoms with Crippen molar-refractivity contribution in [3.63, 3.8) is 0 Å². The maximum Gasteiger partial charge on any atom is 0.408 e. The van der Waals surface area contributed by atoms with Crippen LogP contribution < -0.4 is 5.32 Å². The Balaban J connectivity index is 3.32. The zero-order valence-electron chi connectivity index (χ0n) is 18.0. The summed E-state index contributed by atoms with van der Waals surface area (Å²) in [4.78, 5) is 34.8. The minimum atomic E-state index is -1.07. The molecule has 0 aliphatic heterocycles. The Kier molecular flexibility index (Phi) is 7.55. The summed E-state index contributed by atoms with van der Waals surface area (Å²) in [5, 5.41) is 23.4. The largest absolute Gasteiger partial charge is 0.481 e. The van der Waals surface area contributed by atoms with E-state index in [9.17, 15) is 24.8 Å². The third-order valence-electron chi connectivity index (χ3n) is 4.20. The van der Waals surface area contributed by atoms with Gasteiger partial charge in [0.1, 0.15) is 5.60 Å². The van der Waals surface area contributed by atoms with Gasteiger partial charge in [0.25, 0.3) is 5.69 Å². The lowest BCUT2D eigenvalue weighted by Crippen LogP contribution is -2.48. The lowest BCUT2D eigenvalue weighted by Gasteiger charge is -2.33. The molecule has 0 aliphatic carbocycles. The second kappa shape index (κ2) is 9.07. The molecule has 8 nitrogen and oxygen atoms in total. The standard InChI is InChI=1S/C21H30N2O6/c1-13-8-10-15(23(27)28)12-14(13)9-11-16(17(18(24)25)20(2,3)4)22-19(26)29-21(5,6)7/h8-12,16-17H,1-7H3,(H,22,26)(H,24,25)/t16-,17?/m0/s1.